The molecule has 192 valence electrons. The van der Waals surface area contributed by atoms with E-state index in [2.05, 4.69) is 31.4 Å². The predicted octanol–water partition coefficient (Wildman–Crippen LogP) is 0.643. The van der Waals surface area contributed by atoms with Crippen molar-refractivity contribution in [1.29, 1.82) is 0 Å². The van der Waals surface area contributed by atoms with Crippen LogP contribution in [0.2, 0.25) is 0 Å². The molecule has 3 rings (SSSR count). The maximum absolute atomic E-state index is 13.6. The first-order valence-corrected chi connectivity index (χ1v) is 12.6. The van der Waals surface area contributed by atoms with Crippen LogP contribution in [0.3, 0.4) is 0 Å². The summed E-state index contributed by atoms with van der Waals surface area (Å²) in [6, 6.07) is -2.24. The van der Waals surface area contributed by atoms with E-state index < -0.39 is 30.1 Å². The smallest absolute Gasteiger partial charge is 0.248 e. The fraction of sp³-hybridized carbons (Fsp3) is 0.840. The standard InChI is InChI=1S/C25H42N4O5/c1-11(2)18(28-22(32)12(3)4)24(34)29-10-15-17(25(15,6)7)19(29)23(33)27-16(20(30)21(26)31)9-14-8-13(14)5/h11-20,30H,8-10H2,1-7H3,(H2,26,31)(H,27,33)(H,28,32)/t13-,14+,15-,16?,17-,18-,19-,20?/m0/s1. The highest BCUT2D eigenvalue weighted by Gasteiger charge is 2.69. The molecule has 0 radical (unpaired) electrons. The number of aliphatic hydroxyl groups excluding tert-OH is 1. The van der Waals surface area contributed by atoms with Crippen molar-refractivity contribution < 1.29 is 24.3 Å². The average molecular weight is 479 g/mol. The van der Waals surface area contributed by atoms with Crippen molar-refractivity contribution in [3.63, 3.8) is 0 Å². The third-order valence-electron chi connectivity index (χ3n) is 8.35. The second-order valence-corrected chi connectivity index (χ2v) is 11.9. The molecule has 1 heterocycles. The number of hydrogen-bond acceptors (Lipinski definition) is 5. The average Bonchev–Trinajstić information content (AvgIpc) is 3.47. The minimum absolute atomic E-state index is 0.0173. The molecule has 3 fully saturated rings. The van der Waals surface area contributed by atoms with Gasteiger partial charge in [0.25, 0.3) is 0 Å². The normalized spacial score (nSPS) is 31.5. The highest BCUT2D eigenvalue weighted by atomic mass is 16.3. The van der Waals surface area contributed by atoms with Gasteiger partial charge >= 0.3 is 0 Å². The molecule has 2 unspecified atom stereocenters. The van der Waals surface area contributed by atoms with E-state index in [1.54, 1.807) is 18.7 Å². The van der Waals surface area contributed by atoms with Crippen LogP contribution in [0.1, 0.15) is 61.3 Å². The maximum Gasteiger partial charge on any atom is 0.248 e. The van der Waals surface area contributed by atoms with Crippen molar-refractivity contribution >= 4 is 23.6 Å². The van der Waals surface area contributed by atoms with Gasteiger partial charge in [-0.15, -0.1) is 0 Å². The monoisotopic (exact) mass is 478 g/mol. The number of aliphatic hydroxyl groups is 1. The van der Waals surface area contributed by atoms with E-state index in [1.165, 1.54) is 0 Å². The number of nitrogens with two attached hydrogens (primary N) is 1. The second-order valence-electron chi connectivity index (χ2n) is 11.9. The van der Waals surface area contributed by atoms with Gasteiger partial charge in [0.1, 0.15) is 12.1 Å². The molecule has 1 saturated heterocycles. The minimum atomic E-state index is -1.49. The Morgan fingerprint density at radius 1 is 1.12 bits per heavy atom. The van der Waals surface area contributed by atoms with E-state index in [0.717, 1.165) is 6.42 Å². The first-order chi connectivity index (χ1) is 15.7. The summed E-state index contributed by atoms with van der Waals surface area (Å²) in [7, 11) is 0. The van der Waals surface area contributed by atoms with Gasteiger partial charge in [0.05, 0.1) is 6.04 Å². The van der Waals surface area contributed by atoms with Crippen molar-refractivity contribution in [3.05, 3.63) is 0 Å². The molecule has 4 amide bonds. The number of hydrogen-bond donors (Lipinski definition) is 4. The molecule has 5 N–H and O–H groups in total. The van der Waals surface area contributed by atoms with Crippen LogP contribution in [0, 0.1) is 40.9 Å². The molecule has 0 aromatic rings. The lowest BCUT2D eigenvalue weighted by Crippen LogP contribution is -2.59. The molecular formula is C25H42N4O5. The van der Waals surface area contributed by atoms with Crippen molar-refractivity contribution in [1.82, 2.24) is 15.5 Å². The molecule has 0 bridgehead atoms. The van der Waals surface area contributed by atoms with Crippen molar-refractivity contribution in [2.24, 2.45) is 46.7 Å². The van der Waals surface area contributed by atoms with Gasteiger partial charge in [0.2, 0.25) is 23.6 Å². The Hall–Kier alpha value is -2.16. The van der Waals surface area contributed by atoms with Gasteiger partial charge in [-0.05, 0) is 47.8 Å². The molecule has 0 aromatic heterocycles. The van der Waals surface area contributed by atoms with Crippen LogP contribution in [0.4, 0.5) is 0 Å². The molecular weight excluding hydrogens is 436 g/mol. The number of rotatable bonds is 10. The molecule has 2 saturated carbocycles. The van der Waals surface area contributed by atoms with Gasteiger partial charge in [0.15, 0.2) is 6.10 Å². The summed E-state index contributed by atoms with van der Waals surface area (Å²) < 4.78 is 0. The number of nitrogens with one attached hydrogen (secondary N) is 2. The van der Waals surface area contributed by atoms with Crippen molar-refractivity contribution in [3.8, 4) is 0 Å². The fourth-order valence-corrected chi connectivity index (χ4v) is 5.61. The zero-order valence-corrected chi connectivity index (χ0v) is 21.5. The molecule has 34 heavy (non-hydrogen) atoms. The Labute approximate surface area is 202 Å². The Kier molecular flexibility index (Phi) is 7.37. The van der Waals surface area contributed by atoms with E-state index in [0.29, 0.717) is 24.8 Å². The number of primary amides is 1. The van der Waals surface area contributed by atoms with Gasteiger partial charge in [-0.2, -0.15) is 0 Å². The number of piperidine rings is 1. The number of likely N-dealkylation sites (tertiary alicyclic amines) is 1. The van der Waals surface area contributed by atoms with E-state index in [4.69, 9.17) is 5.73 Å². The summed E-state index contributed by atoms with van der Waals surface area (Å²) >= 11 is 0. The minimum Gasteiger partial charge on any atom is -0.381 e. The van der Waals surface area contributed by atoms with Gasteiger partial charge in [-0.25, -0.2) is 0 Å². The summed E-state index contributed by atoms with van der Waals surface area (Å²) in [6.45, 7) is 14.0. The molecule has 1 aliphatic heterocycles. The summed E-state index contributed by atoms with van der Waals surface area (Å²) in [4.78, 5) is 52.8. The molecule has 3 aliphatic rings. The summed E-state index contributed by atoms with van der Waals surface area (Å²) in [5.41, 5.74) is 5.26. The molecule has 0 spiro atoms. The van der Waals surface area contributed by atoms with Crippen LogP contribution in [-0.2, 0) is 19.2 Å². The number of nitrogens with zero attached hydrogens (tertiary/aromatic N) is 1. The van der Waals surface area contributed by atoms with E-state index in [-0.39, 0.29) is 46.8 Å². The fourth-order valence-electron chi connectivity index (χ4n) is 5.61. The molecule has 9 heteroatoms. The molecule has 9 nitrogen and oxygen atoms in total. The molecule has 0 aromatic carbocycles. The Bertz CT molecular complexity index is 841. The van der Waals surface area contributed by atoms with Gasteiger partial charge in [-0.3, -0.25) is 19.2 Å². The van der Waals surface area contributed by atoms with Crippen LogP contribution in [0.5, 0.6) is 0 Å². The SMILES string of the molecule is CC(C)C(=O)N[C@H](C(=O)N1C[C@H]2[C@@H]([C@H]1C(=O)NC(C[C@H]1C[C@@H]1C)C(O)C(N)=O)C2(C)C)C(C)C. The Morgan fingerprint density at radius 3 is 2.18 bits per heavy atom. The van der Waals surface area contributed by atoms with E-state index >= 15 is 0 Å². The zero-order chi connectivity index (χ0) is 25.7. The van der Waals surface area contributed by atoms with Crippen LogP contribution in [0.25, 0.3) is 0 Å². The summed E-state index contributed by atoms with van der Waals surface area (Å²) in [5, 5.41) is 16.1. The Morgan fingerprint density at radius 2 is 1.71 bits per heavy atom. The van der Waals surface area contributed by atoms with Crippen LogP contribution < -0.4 is 16.4 Å². The third-order valence-corrected chi connectivity index (χ3v) is 8.35. The van der Waals surface area contributed by atoms with Gasteiger partial charge in [0, 0.05) is 12.5 Å². The summed E-state index contributed by atoms with van der Waals surface area (Å²) in [5.74, 6) is -1.17. The highest BCUT2D eigenvalue weighted by Crippen LogP contribution is 2.65. The first-order valence-electron chi connectivity index (χ1n) is 12.6. The third kappa shape index (κ3) is 5.09. The van der Waals surface area contributed by atoms with E-state index in [9.17, 15) is 24.3 Å². The van der Waals surface area contributed by atoms with Gasteiger partial charge < -0.3 is 26.4 Å². The highest BCUT2D eigenvalue weighted by molar-refractivity contribution is 5.94. The lowest BCUT2D eigenvalue weighted by molar-refractivity contribution is -0.145. The maximum atomic E-state index is 13.6. The molecule has 8 atom stereocenters. The number of carbonyl (C=O) groups excluding carboxylic acids is 4. The summed E-state index contributed by atoms with van der Waals surface area (Å²) in [6.07, 6.45) is -0.0391. The van der Waals surface area contributed by atoms with Crippen molar-refractivity contribution in [2.45, 2.75) is 85.5 Å². The van der Waals surface area contributed by atoms with Crippen LogP contribution in [0.15, 0.2) is 0 Å². The Balaban J connectivity index is 1.81. The van der Waals surface area contributed by atoms with Crippen molar-refractivity contribution in [2.75, 3.05) is 6.54 Å². The number of carbonyl (C=O) groups is 4. The largest absolute Gasteiger partial charge is 0.381 e. The quantitative estimate of drug-likeness (QED) is 0.365. The predicted molar refractivity (Wildman–Crippen MR) is 127 cm³/mol. The molecule has 2 aliphatic carbocycles. The zero-order valence-electron chi connectivity index (χ0n) is 21.5. The number of amides is 4. The van der Waals surface area contributed by atoms with Crippen LogP contribution >= 0.6 is 0 Å². The second kappa shape index (κ2) is 9.47. The van der Waals surface area contributed by atoms with Crippen LogP contribution in [-0.4, -0.2) is 64.4 Å². The first kappa shape index (κ1) is 26.4. The van der Waals surface area contributed by atoms with Gasteiger partial charge in [-0.1, -0.05) is 48.5 Å². The lowest BCUT2D eigenvalue weighted by atomic mass is 9.96. The topological polar surface area (TPSA) is 142 Å². The van der Waals surface area contributed by atoms with E-state index in [1.807, 2.05) is 13.8 Å². The number of fused-ring (bicyclic) bond motifs is 1. The lowest BCUT2D eigenvalue weighted by Gasteiger charge is -2.35.